The van der Waals surface area contributed by atoms with Crippen molar-refractivity contribution in [1.82, 2.24) is 0 Å². The number of aliphatic hydroxyl groups excluding tert-OH is 1. The minimum absolute atomic E-state index is 0.0571. The van der Waals surface area contributed by atoms with Crippen molar-refractivity contribution >= 4 is 7.60 Å². The lowest BCUT2D eigenvalue weighted by Gasteiger charge is -2.29. The van der Waals surface area contributed by atoms with E-state index in [0.717, 1.165) is 5.56 Å². The van der Waals surface area contributed by atoms with Crippen LogP contribution in [0.1, 0.15) is 19.4 Å². The standard InChI is InChI=1S/C14H21F2O5P/c1-3-20-22(18,21-4-2)14(15,16)13(17)11-19-10-12-8-6-5-7-9-12/h5-9,13,17H,3-4,10-11H2,1-2H3. The summed E-state index contributed by atoms with van der Waals surface area (Å²) in [5.74, 6) is 0. The van der Waals surface area contributed by atoms with Gasteiger partial charge < -0.3 is 18.9 Å². The Morgan fingerprint density at radius 3 is 2.23 bits per heavy atom. The number of ether oxygens (including phenoxy) is 1. The van der Waals surface area contributed by atoms with Gasteiger partial charge in [0.15, 0.2) is 6.10 Å². The van der Waals surface area contributed by atoms with Gasteiger partial charge in [0.05, 0.1) is 26.4 Å². The van der Waals surface area contributed by atoms with E-state index in [1.807, 2.05) is 6.07 Å². The van der Waals surface area contributed by atoms with Crippen molar-refractivity contribution in [3.8, 4) is 0 Å². The van der Waals surface area contributed by atoms with E-state index < -0.39 is 26.0 Å². The number of benzene rings is 1. The summed E-state index contributed by atoms with van der Waals surface area (Å²) in [4.78, 5) is 0. The molecule has 0 amide bonds. The molecule has 1 atom stereocenters. The number of halogens is 2. The number of hydrogen-bond acceptors (Lipinski definition) is 5. The van der Waals surface area contributed by atoms with Gasteiger partial charge in [-0.2, -0.15) is 8.78 Å². The molecular formula is C14H21F2O5P. The van der Waals surface area contributed by atoms with Gasteiger partial charge in [0.2, 0.25) is 0 Å². The highest BCUT2D eigenvalue weighted by atomic mass is 31.2. The Morgan fingerprint density at radius 1 is 1.18 bits per heavy atom. The molecule has 0 saturated heterocycles. The Kier molecular flexibility index (Phi) is 7.59. The third-order valence-electron chi connectivity index (χ3n) is 2.75. The number of alkyl halides is 2. The molecule has 126 valence electrons. The van der Waals surface area contributed by atoms with E-state index in [0.29, 0.717) is 0 Å². The van der Waals surface area contributed by atoms with Gasteiger partial charge in [-0.15, -0.1) is 0 Å². The van der Waals surface area contributed by atoms with Crippen LogP contribution in [-0.4, -0.2) is 36.7 Å². The SMILES string of the molecule is CCOP(=O)(OCC)C(F)(F)C(O)COCc1ccccc1. The molecule has 1 unspecified atom stereocenters. The third-order valence-corrected chi connectivity index (χ3v) is 4.98. The monoisotopic (exact) mass is 338 g/mol. The fraction of sp³-hybridized carbons (Fsp3) is 0.571. The molecule has 0 aromatic heterocycles. The maximum atomic E-state index is 14.1. The normalized spacial score (nSPS) is 14.0. The summed E-state index contributed by atoms with van der Waals surface area (Å²) in [6.07, 6.45) is -2.29. The topological polar surface area (TPSA) is 65.0 Å². The van der Waals surface area contributed by atoms with Crippen LogP contribution in [0.5, 0.6) is 0 Å². The van der Waals surface area contributed by atoms with Crippen molar-refractivity contribution in [1.29, 1.82) is 0 Å². The molecule has 22 heavy (non-hydrogen) atoms. The first-order valence-corrected chi connectivity index (χ1v) is 8.48. The van der Waals surface area contributed by atoms with Crippen LogP contribution in [0.25, 0.3) is 0 Å². The zero-order valence-electron chi connectivity index (χ0n) is 12.6. The predicted octanol–water partition coefficient (Wildman–Crippen LogP) is 3.42. The van der Waals surface area contributed by atoms with Crippen LogP contribution in [0, 0.1) is 0 Å². The molecule has 0 spiro atoms. The molecule has 0 saturated carbocycles. The first-order valence-electron chi connectivity index (χ1n) is 6.94. The Morgan fingerprint density at radius 2 is 1.73 bits per heavy atom. The lowest BCUT2D eigenvalue weighted by molar-refractivity contribution is -0.100. The van der Waals surface area contributed by atoms with E-state index >= 15 is 0 Å². The van der Waals surface area contributed by atoms with Gasteiger partial charge in [-0.25, -0.2) is 0 Å². The van der Waals surface area contributed by atoms with Crippen LogP contribution in [0.2, 0.25) is 0 Å². The second kappa shape index (κ2) is 8.70. The number of hydrogen-bond donors (Lipinski definition) is 1. The highest BCUT2D eigenvalue weighted by Gasteiger charge is 2.58. The molecule has 0 aliphatic carbocycles. The van der Waals surface area contributed by atoms with Crippen LogP contribution in [0.3, 0.4) is 0 Å². The Hall–Kier alpha value is -0.850. The van der Waals surface area contributed by atoms with E-state index in [1.165, 1.54) is 13.8 Å². The van der Waals surface area contributed by atoms with Gasteiger partial charge in [-0.05, 0) is 19.4 Å². The number of aliphatic hydroxyl groups is 1. The molecule has 8 heteroatoms. The van der Waals surface area contributed by atoms with Crippen molar-refractivity contribution in [3.05, 3.63) is 35.9 Å². The summed E-state index contributed by atoms with van der Waals surface area (Å²) in [6, 6.07) is 8.89. The lowest BCUT2D eigenvalue weighted by atomic mass is 10.2. The van der Waals surface area contributed by atoms with Gasteiger partial charge in [-0.1, -0.05) is 30.3 Å². The predicted molar refractivity (Wildman–Crippen MR) is 77.9 cm³/mol. The molecule has 0 radical (unpaired) electrons. The van der Waals surface area contributed by atoms with E-state index in [2.05, 4.69) is 9.05 Å². The summed E-state index contributed by atoms with van der Waals surface area (Å²) in [5, 5.41) is 9.64. The highest BCUT2D eigenvalue weighted by molar-refractivity contribution is 7.55. The Labute approximate surface area is 128 Å². The quantitative estimate of drug-likeness (QED) is 0.662. The molecular weight excluding hydrogens is 317 g/mol. The minimum atomic E-state index is -4.75. The maximum absolute atomic E-state index is 14.1. The van der Waals surface area contributed by atoms with Crippen LogP contribution in [0.4, 0.5) is 8.78 Å². The minimum Gasteiger partial charge on any atom is -0.384 e. The molecule has 0 heterocycles. The van der Waals surface area contributed by atoms with Crippen LogP contribution in [-0.2, 0) is 25.0 Å². The zero-order valence-corrected chi connectivity index (χ0v) is 13.5. The van der Waals surface area contributed by atoms with Crippen molar-refractivity contribution in [2.75, 3.05) is 19.8 Å². The first-order chi connectivity index (χ1) is 10.4. The van der Waals surface area contributed by atoms with Crippen molar-refractivity contribution in [3.63, 3.8) is 0 Å². The van der Waals surface area contributed by atoms with Gasteiger partial charge in [0, 0.05) is 0 Å². The smallest absolute Gasteiger partial charge is 0.384 e. The van der Waals surface area contributed by atoms with E-state index in [4.69, 9.17) is 4.74 Å². The van der Waals surface area contributed by atoms with E-state index in [9.17, 15) is 18.5 Å². The summed E-state index contributed by atoms with van der Waals surface area (Å²) >= 11 is 0. The van der Waals surface area contributed by atoms with Gasteiger partial charge in [-0.3, -0.25) is 4.57 Å². The van der Waals surface area contributed by atoms with Crippen molar-refractivity contribution in [2.24, 2.45) is 0 Å². The summed E-state index contributed by atoms with van der Waals surface area (Å²) in [7, 11) is -4.75. The molecule has 5 nitrogen and oxygen atoms in total. The van der Waals surface area contributed by atoms with Crippen LogP contribution in [0.15, 0.2) is 30.3 Å². The second-order valence-corrected chi connectivity index (χ2v) is 6.54. The molecule has 1 rings (SSSR count). The molecule has 0 bridgehead atoms. The highest BCUT2D eigenvalue weighted by Crippen LogP contribution is 2.63. The Bertz CT molecular complexity index is 473. The molecule has 0 fully saturated rings. The summed E-state index contributed by atoms with van der Waals surface area (Å²) in [5.41, 5.74) is -3.27. The van der Waals surface area contributed by atoms with Crippen LogP contribution < -0.4 is 0 Å². The fourth-order valence-electron chi connectivity index (χ4n) is 1.69. The van der Waals surface area contributed by atoms with Crippen LogP contribution >= 0.6 is 7.60 Å². The average Bonchev–Trinajstić information content (AvgIpc) is 2.48. The maximum Gasteiger partial charge on any atom is 0.402 e. The first kappa shape index (κ1) is 19.2. The number of rotatable bonds is 10. The molecule has 1 aromatic carbocycles. The van der Waals surface area contributed by atoms with Crippen molar-refractivity contribution in [2.45, 2.75) is 32.2 Å². The zero-order chi connectivity index (χ0) is 16.6. The molecule has 0 aliphatic heterocycles. The molecule has 1 aromatic rings. The van der Waals surface area contributed by atoms with Gasteiger partial charge in [0.25, 0.3) is 0 Å². The summed E-state index contributed by atoms with van der Waals surface area (Å²) < 4.78 is 54.6. The molecule has 1 N–H and O–H groups in total. The fourth-order valence-corrected chi connectivity index (χ4v) is 3.23. The largest absolute Gasteiger partial charge is 0.402 e. The van der Waals surface area contributed by atoms with Crippen molar-refractivity contribution < 1.29 is 32.2 Å². The molecule has 0 aliphatic rings. The Balaban J connectivity index is 2.64. The second-order valence-electron chi connectivity index (χ2n) is 4.44. The lowest BCUT2D eigenvalue weighted by Crippen LogP contribution is -2.38. The van der Waals surface area contributed by atoms with E-state index in [1.54, 1.807) is 24.3 Å². The van der Waals surface area contributed by atoms with Gasteiger partial charge >= 0.3 is 13.3 Å². The van der Waals surface area contributed by atoms with Gasteiger partial charge in [0.1, 0.15) is 0 Å². The average molecular weight is 338 g/mol. The third kappa shape index (κ3) is 4.83. The summed E-state index contributed by atoms with van der Waals surface area (Å²) in [6.45, 7) is 1.77. The van der Waals surface area contributed by atoms with E-state index in [-0.39, 0.29) is 19.8 Å².